The highest BCUT2D eigenvalue weighted by Crippen LogP contribution is 2.35. The molecule has 2 aromatic rings. The van der Waals surface area contributed by atoms with Gasteiger partial charge in [-0.2, -0.15) is 0 Å². The average molecular weight is 396 g/mol. The van der Waals surface area contributed by atoms with Gasteiger partial charge in [-0.05, 0) is 43.2 Å². The minimum absolute atomic E-state index is 0.0199. The molecular formula is C23H28N2O4. The molecule has 1 aromatic carbocycles. The zero-order valence-corrected chi connectivity index (χ0v) is 16.6. The van der Waals surface area contributed by atoms with Crippen molar-refractivity contribution in [1.82, 2.24) is 10.2 Å². The summed E-state index contributed by atoms with van der Waals surface area (Å²) in [6.45, 7) is 3.29. The largest absolute Gasteiger partial charge is 0.472 e. The van der Waals surface area contributed by atoms with E-state index >= 15 is 0 Å². The van der Waals surface area contributed by atoms with Gasteiger partial charge in [0.15, 0.2) is 0 Å². The second kappa shape index (κ2) is 8.82. The first-order chi connectivity index (χ1) is 14.2. The van der Waals surface area contributed by atoms with Crippen LogP contribution in [0.5, 0.6) is 0 Å². The Morgan fingerprint density at radius 3 is 2.45 bits per heavy atom. The molecule has 0 atom stereocenters. The maximum atomic E-state index is 13.2. The number of hydrogen-bond acceptors (Lipinski definition) is 4. The van der Waals surface area contributed by atoms with Crippen LogP contribution in [-0.4, -0.2) is 49.6 Å². The molecule has 0 radical (unpaired) electrons. The van der Waals surface area contributed by atoms with Crippen molar-refractivity contribution in [2.24, 2.45) is 5.92 Å². The molecule has 2 fully saturated rings. The fraction of sp³-hybridized carbons (Fsp3) is 0.478. The number of nitrogens with zero attached hydrogens (tertiary/aromatic N) is 1. The van der Waals surface area contributed by atoms with Crippen molar-refractivity contribution >= 4 is 11.8 Å². The van der Waals surface area contributed by atoms with Gasteiger partial charge in [0.25, 0.3) is 5.91 Å². The fourth-order valence-electron chi connectivity index (χ4n) is 4.44. The molecule has 4 rings (SSSR count). The number of hydrogen-bond donors (Lipinski definition) is 1. The summed E-state index contributed by atoms with van der Waals surface area (Å²) in [5, 5.41) is 3.22. The standard InChI is InChI=1S/C23H28N2O4/c26-21(19-8-13-29-17-19)25-11-6-18(7-12-25)16-24-22(27)23(9-14-28-15-10-23)20-4-2-1-3-5-20/h1-5,8,13,17-18H,6-7,9-12,14-16H2,(H,24,27). The Balaban J connectivity index is 1.33. The van der Waals surface area contributed by atoms with Crippen molar-refractivity contribution in [3.05, 3.63) is 60.1 Å². The van der Waals surface area contributed by atoms with E-state index in [0.29, 0.717) is 57.2 Å². The molecule has 6 nitrogen and oxygen atoms in total. The van der Waals surface area contributed by atoms with Crippen molar-refractivity contribution in [3.63, 3.8) is 0 Å². The van der Waals surface area contributed by atoms with E-state index in [2.05, 4.69) is 5.32 Å². The van der Waals surface area contributed by atoms with Crippen molar-refractivity contribution < 1.29 is 18.7 Å². The van der Waals surface area contributed by atoms with Gasteiger partial charge in [0.1, 0.15) is 6.26 Å². The van der Waals surface area contributed by atoms with Gasteiger partial charge in [0, 0.05) is 32.8 Å². The molecule has 1 aromatic heterocycles. The number of benzene rings is 1. The molecule has 0 bridgehead atoms. The third-order valence-corrected chi connectivity index (χ3v) is 6.33. The lowest BCUT2D eigenvalue weighted by molar-refractivity contribution is -0.130. The molecule has 29 heavy (non-hydrogen) atoms. The number of nitrogens with one attached hydrogen (secondary N) is 1. The van der Waals surface area contributed by atoms with Gasteiger partial charge in [-0.15, -0.1) is 0 Å². The monoisotopic (exact) mass is 396 g/mol. The van der Waals surface area contributed by atoms with Crippen LogP contribution in [0.15, 0.2) is 53.3 Å². The van der Waals surface area contributed by atoms with Crippen LogP contribution in [0, 0.1) is 5.92 Å². The zero-order valence-electron chi connectivity index (χ0n) is 16.6. The van der Waals surface area contributed by atoms with E-state index in [9.17, 15) is 9.59 Å². The molecule has 2 aliphatic heterocycles. The van der Waals surface area contributed by atoms with Gasteiger partial charge in [-0.1, -0.05) is 30.3 Å². The summed E-state index contributed by atoms with van der Waals surface area (Å²) in [5.41, 5.74) is 1.17. The Bertz CT molecular complexity index is 805. The number of likely N-dealkylation sites (tertiary alicyclic amines) is 1. The first kappa shape index (κ1) is 19.7. The molecule has 0 aliphatic carbocycles. The number of ether oxygens (including phenoxy) is 1. The van der Waals surface area contributed by atoms with E-state index in [1.54, 1.807) is 6.07 Å². The van der Waals surface area contributed by atoms with Crippen molar-refractivity contribution in [1.29, 1.82) is 0 Å². The summed E-state index contributed by atoms with van der Waals surface area (Å²) in [7, 11) is 0. The summed E-state index contributed by atoms with van der Waals surface area (Å²) in [5.74, 6) is 0.510. The zero-order chi connectivity index (χ0) is 20.1. The number of rotatable bonds is 5. The quantitative estimate of drug-likeness (QED) is 0.843. The van der Waals surface area contributed by atoms with Crippen LogP contribution < -0.4 is 5.32 Å². The van der Waals surface area contributed by atoms with E-state index in [-0.39, 0.29) is 11.8 Å². The van der Waals surface area contributed by atoms with E-state index in [4.69, 9.17) is 9.15 Å². The van der Waals surface area contributed by atoms with Crippen LogP contribution in [0.25, 0.3) is 0 Å². The van der Waals surface area contributed by atoms with Crippen LogP contribution in [0.3, 0.4) is 0 Å². The summed E-state index contributed by atoms with van der Waals surface area (Å²) in [4.78, 5) is 27.5. The van der Waals surface area contributed by atoms with Gasteiger partial charge in [-0.25, -0.2) is 0 Å². The summed E-state index contributed by atoms with van der Waals surface area (Å²) in [6.07, 6.45) is 6.22. The maximum absolute atomic E-state index is 13.2. The van der Waals surface area contributed by atoms with E-state index in [1.807, 2.05) is 35.2 Å². The van der Waals surface area contributed by atoms with Gasteiger partial charge in [0.2, 0.25) is 5.91 Å². The summed E-state index contributed by atoms with van der Waals surface area (Å²) in [6, 6.07) is 11.8. The number of furan rings is 1. The molecule has 6 heteroatoms. The normalized spacial score (nSPS) is 19.7. The van der Waals surface area contributed by atoms with E-state index in [1.165, 1.54) is 12.5 Å². The predicted molar refractivity (Wildman–Crippen MR) is 109 cm³/mol. The smallest absolute Gasteiger partial charge is 0.257 e. The van der Waals surface area contributed by atoms with E-state index in [0.717, 1.165) is 18.4 Å². The molecular weight excluding hydrogens is 368 g/mol. The maximum Gasteiger partial charge on any atom is 0.257 e. The van der Waals surface area contributed by atoms with Gasteiger partial charge >= 0.3 is 0 Å². The SMILES string of the molecule is O=C(c1ccoc1)N1CCC(CNC(=O)C2(c3ccccc3)CCOCC2)CC1. The van der Waals surface area contributed by atoms with Crippen LogP contribution in [0.1, 0.15) is 41.6 Å². The fourth-order valence-corrected chi connectivity index (χ4v) is 4.44. The van der Waals surface area contributed by atoms with Crippen LogP contribution in [0.2, 0.25) is 0 Å². The highest BCUT2D eigenvalue weighted by atomic mass is 16.5. The Labute approximate surface area is 171 Å². The number of carbonyl (C=O) groups is 2. The summed E-state index contributed by atoms with van der Waals surface area (Å²) >= 11 is 0. The molecule has 0 unspecified atom stereocenters. The third-order valence-electron chi connectivity index (χ3n) is 6.33. The number of piperidine rings is 1. The Morgan fingerprint density at radius 2 is 1.79 bits per heavy atom. The predicted octanol–water partition coefficient (Wildman–Crippen LogP) is 3.00. The lowest BCUT2D eigenvalue weighted by atomic mass is 9.73. The molecule has 154 valence electrons. The topological polar surface area (TPSA) is 71.8 Å². The molecule has 2 saturated heterocycles. The molecule has 1 N–H and O–H groups in total. The lowest BCUT2D eigenvalue weighted by Crippen LogP contribution is -2.50. The van der Waals surface area contributed by atoms with E-state index < -0.39 is 5.41 Å². The van der Waals surface area contributed by atoms with Gasteiger partial charge in [0.05, 0.1) is 17.2 Å². The second-order valence-corrected chi connectivity index (χ2v) is 8.02. The lowest BCUT2D eigenvalue weighted by Gasteiger charge is -2.37. The summed E-state index contributed by atoms with van der Waals surface area (Å²) < 4.78 is 10.5. The van der Waals surface area contributed by atoms with Gasteiger partial charge in [-0.3, -0.25) is 9.59 Å². The van der Waals surface area contributed by atoms with Crippen molar-refractivity contribution in [3.8, 4) is 0 Å². The highest BCUT2D eigenvalue weighted by Gasteiger charge is 2.41. The number of carbonyl (C=O) groups excluding carboxylic acids is 2. The number of amides is 2. The first-order valence-corrected chi connectivity index (χ1v) is 10.4. The molecule has 2 aliphatic rings. The minimum atomic E-state index is -0.503. The second-order valence-electron chi connectivity index (χ2n) is 8.02. The van der Waals surface area contributed by atoms with Crippen LogP contribution in [0.4, 0.5) is 0 Å². The molecule has 3 heterocycles. The van der Waals surface area contributed by atoms with Crippen LogP contribution in [-0.2, 0) is 14.9 Å². The van der Waals surface area contributed by atoms with Crippen molar-refractivity contribution in [2.75, 3.05) is 32.8 Å². The third kappa shape index (κ3) is 4.22. The van der Waals surface area contributed by atoms with Gasteiger partial charge < -0.3 is 19.4 Å². The average Bonchev–Trinajstić information content (AvgIpc) is 3.33. The highest BCUT2D eigenvalue weighted by molar-refractivity contribution is 5.93. The van der Waals surface area contributed by atoms with Crippen LogP contribution >= 0.6 is 0 Å². The Morgan fingerprint density at radius 1 is 1.07 bits per heavy atom. The minimum Gasteiger partial charge on any atom is -0.472 e. The first-order valence-electron chi connectivity index (χ1n) is 10.4. The molecule has 0 saturated carbocycles. The Kier molecular flexibility index (Phi) is 6.00. The molecule has 0 spiro atoms. The van der Waals surface area contributed by atoms with Crippen molar-refractivity contribution in [2.45, 2.75) is 31.1 Å². The Hall–Kier alpha value is -2.60. The molecule has 2 amide bonds.